The van der Waals surface area contributed by atoms with E-state index in [2.05, 4.69) is 36.8 Å². The van der Waals surface area contributed by atoms with Crippen molar-refractivity contribution in [3.05, 3.63) is 51.2 Å². The molecule has 18 heavy (non-hydrogen) atoms. The van der Waals surface area contributed by atoms with Crippen LogP contribution in [0, 0.1) is 0 Å². The molecule has 0 unspecified atom stereocenters. The van der Waals surface area contributed by atoms with E-state index in [1.54, 1.807) is 6.20 Å². The van der Waals surface area contributed by atoms with E-state index in [0.717, 1.165) is 26.7 Å². The molecule has 0 fully saturated rings. The number of hydrogen-bond acceptors (Lipinski definition) is 3. The first-order valence-electron chi connectivity index (χ1n) is 5.43. The van der Waals surface area contributed by atoms with Crippen molar-refractivity contribution in [1.29, 1.82) is 0 Å². The fourth-order valence-corrected chi connectivity index (χ4v) is 2.99. The second-order valence-corrected chi connectivity index (χ2v) is 5.48. The highest BCUT2D eigenvalue weighted by Gasteiger charge is 2.07. The summed E-state index contributed by atoms with van der Waals surface area (Å²) in [6, 6.07) is 7.60. The molecular formula is C13H12Br2N2O. The molecule has 2 rings (SSSR count). The molecule has 0 amide bonds. The zero-order valence-corrected chi connectivity index (χ0v) is 12.7. The molecule has 0 aliphatic rings. The van der Waals surface area contributed by atoms with E-state index in [-0.39, 0.29) is 0 Å². The summed E-state index contributed by atoms with van der Waals surface area (Å²) < 4.78 is 7.44. The lowest BCUT2D eigenvalue weighted by molar-refractivity contribution is 0.318. The van der Waals surface area contributed by atoms with Gasteiger partial charge in [-0.3, -0.25) is 4.98 Å². The van der Waals surface area contributed by atoms with Gasteiger partial charge >= 0.3 is 0 Å². The summed E-state index contributed by atoms with van der Waals surface area (Å²) in [7, 11) is 0. The molecule has 1 aromatic heterocycles. The number of nitrogens with two attached hydrogens (primary N) is 1. The minimum Gasteiger partial charge on any atom is -0.491 e. The number of nitrogen functional groups attached to an aromatic ring is 1. The van der Waals surface area contributed by atoms with Crippen molar-refractivity contribution >= 4 is 37.5 Å². The highest BCUT2D eigenvalue weighted by Crippen LogP contribution is 2.35. The number of hydrogen-bond donors (Lipinski definition) is 1. The van der Waals surface area contributed by atoms with E-state index in [1.165, 1.54) is 0 Å². The maximum absolute atomic E-state index is 5.75. The summed E-state index contributed by atoms with van der Waals surface area (Å²) in [6.07, 6.45) is 4.42. The lowest BCUT2D eigenvalue weighted by atomic mass is 10.2. The predicted octanol–water partition coefficient (Wildman–Crippen LogP) is 3.81. The summed E-state index contributed by atoms with van der Waals surface area (Å²) in [5, 5.41) is 0. The standard InChI is InChI=1S/C13H12Br2N2O/c14-11-6-10(16)7-12(15)13(11)18-5-3-9-2-1-4-17-8-9/h1-2,4,6-8H,3,5,16H2. The third-order valence-electron chi connectivity index (χ3n) is 2.38. The topological polar surface area (TPSA) is 48.1 Å². The van der Waals surface area contributed by atoms with Gasteiger partial charge in [0.05, 0.1) is 15.6 Å². The van der Waals surface area contributed by atoms with Crippen LogP contribution in [0.3, 0.4) is 0 Å². The summed E-state index contributed by atoms with van der Waals surface area (Å²) >= 11 is 6.87. The van der Waals surface area contributed by atoms with Gasteiger partial charge in [-0.15, -0.1) is 0 Å². The summed E-state index contributed by atoms with van der Waals surface area (Å²) in [5.41, 5.74) is 7.57. The average molecular weight is 372 g/mol. The van der Waals surface area contributed by atoms with Crippen molar-refractivity contribution in [3.63, 3.8) is 0 Å². The van der Waals surface area contributed by atoms with Crippen LogP contribution in [-0.4, -0.2) is 11.6 Å². The average Bonchev–Trinajstić information content (AvgIpc) is 2.34. The van der Waals surface area contributed by atoms with Gasteiger partial charge in [-0.1, -0.05) is 6.07 Å². The number of nitrogens with zero attached hydrogens (tertiary/aromatic N) is 1. The van der Waals surface area contributed by atoms with E-state index in [9.17, 15) is 0 Å². The number of halogens is 2. The molecule has 1 aromatic carbocycles. The number of ether oxygens (including phenoxy) is 1. The van der Waals surface area contributed by atoms with Crippen LogP contribution in [0.25, 0.3) is 0 Å². The van der Waals surface area contributed by atoms with Crippen molar-refractivity contribution in [2.75, 3.05) is 12.3 Å². The molecule has 0 saturated carbocycles. The number of aromatic nitrogens is 1. The van der Waals surface area contributed by atoms with Crippen molar-refractivity contribution in [3.8, 4) is 5.75 Å². The molecule has 0 saturated heterocycles. The SMILES string of the molecule is Nc1cc(Br)c(OCCc2cccnc2)c(Br)c1. The van der Waals surface area contributed by atoms with Gasteiger partial charge in [-0.25, -0.2) is 0 Å². The number of benzene rings is 1. The molecule has 0 bridgehead atoms. The van der Waals surface area contributed by atoms with Crippen molar-refractivity contribution in [2.24, 2.45) is 0 Å². The predicted molar refractivity (Wildman–Crippen MR) is 79.7 cm³/mol. The van der Waals surface area contributed by atoms with Gasteiger partial charge in [0.25, 0.3) is 0 Å². The minimum atomic E-state index is 0.590. The van der Waals surface area contributed by atoms with Crippen LogP contribution in [0.4, 0.5) is 5.69 Å². The van der Waals surface area contributed by atoms with Crippen LogP contribution in [0.1, 0.15) is 5.56 Å². The summed E-state index contributed by atoms with van der Waals surface area (Å²) in [4.78, 5) is 4.07. The normalized spacial score (nSPS) is 10.3. The summed E-state index contributed by atoms with van der Waals surface area (Å²) in [6.45, 7) is 0.590. The second-order valence-electron chi connectivity index (χ2n) is 3.77. The Bertz CT molecular complexity index is 509. The smallest absolute Gasteiger partial charge is 0.147 e. The molecule has 2 N–H and O–H groups in total. The van der Waals surface area contributed by atoms with Gasteiger partial charge in [-0.2, -0.15) is 0 Å². The molecule has 3 nitrogen and oxygen atoms in total. The Labute approximate surface area is 123 Å². The van der Waals surface area contributed by atoms with Crippen LogP contribution in [-0.2, 0) is 6.42 Å². The van der Waals surface area contributed by atoms with Gasteiger partial charge in [0.1, 0.15) is 5.75 Å². The van der Waals surface area contributed by atoms with Gasteiger partial charge in [0.15, 0.2) is 0 Å². The molecular weight excluding hydrogens is 360 g/mol. The number of pyridine rings is 1. The Morgan fingerprint density at radius 3 is 2.56 bits per heavy atom. The quantitative estimate of drug-likeness (QED) is 0.831. The highest BCUT2D eigenvalue weighted by atomic mass is 79.9. The van der Waals surface area contributed by atoms with Gasteiger partial charge in [0, 0.05) is 24.5 Å². The van der Waals surface area contributed by atoms with Crippen molar-refractivity contribution in [2.45, 2.75) is 6.42 Å². The third-order valence-corrected chi connectivity index (χ3v) is 3.56. The van der Waals surface area contributed by atoms with Crippen molar-refractivity contribution < 1.29 is 4.74 Å². The summed E-state index contributed by atoms with van der Waals surface area (Å²) in [5.74, 6) is 0.771. The zero-order chi connectivity index (χ0) is 13.0. The van der Waals surface area contributed by atoms with E-state index >= 15 is 0 Å². The molecule has 0 radical (unpaired) electrons. The molecule has 5 heteroatoms. The Morgan fingerprint density at radius 1 is 1.22 bits per heavy atom. The Kier molecular flexibility index (Phi) is 4.60. The van der Waals surface area contributed by atoms with Gasteiger partial charge in [-0.05, 0) is 55.6 Å². The first kappa shape index (κ1) is 13.4. The first-order valence-corrected chi connectivity index (χ1v) is 7.01. The molecule has 0 aliphatic carbocycles. The second kappa shape index (κ2) is 6.20. The molecule has 2 aromatic rings. The van der Waals surface area contributed by atoms with Crippen LogP contribution in [0.2, 0.25) is 0 Å². The minimum absolute atomic E-state index is 0.590. The Balaban J connectivity index is 1.99. The largest absolute Gasteiger partial charge is 0.491 e. The Hall–Kier alpha value is -1.07. The molecule has 94 valence electrons. The Morgan fingerprint density at radius 2 is 1.94 bits per heavy atom. The fraction of sp³-hybridized carbons (Fsp3) is 0.154. The molecule has 0 spiro atoms. The lowest BCUT2D eigenvalue weighted by Crippen LogP contribution is -2.03. The van der Waals surface area contributed by atoms with E-state index in [0.29, 0.717) is 12.3 Å². The molecule has 0 atom stereocenters. The molecule has 0 aliphatic heterocycles. The maximum atomic E-state index is 5.75. The van der Waals surface area contributed by atoms with Gasteiger partial charge in [0.2, 0.25) is 0 Å². The van der Waals surface area contributed by atoms with Crippen LogP contribution >= 0.6 is 31.9 Å². The fourth-order valence-electron chi connectivity index (χ4n) is 1.53. The van der Waals surface area contributed by atoms with E-state index in [1.807, 2.05) is 30.5 Å². The third kappa shape index (κ3) is 3.46. The van der Waals surface area contributed by atoms with Crippen LogP contribution < -0.4 is 10.5 Å². The zero-order valence-electron chi connectivity index (χ0n) is 9.57. The van der Waals surface area contributed by atoms with Crippen molar-refractivity contribution in [1.82, 2.24) is 4.98 Å². The van der Waals surface area contributed by atoms with E-state index < -0.39 is 0 Å². The number of anilines is 1. The van der Waals surface area contributed by atoms with Crippen LogP contribution in [0.15, 0.2) is 45.6 Å². The van der Waals surface area contributed by atoms with Crippen LogP contribution in [0.5, 0.6) is 5.75 Å². The van der Waals surface area contributed by atoms with Gasteiger partial charge < -0.3 is 10.5 Å². The van der Waals surface area contributed by atoms with E-state index in [4.69, 9.17) is 10.5 Å². The first-order chi connectivity index (χ1) is 8.66. The number of rotatable bonds is 4. The lowest BCUT2D eigenvalue weighted by Gasteiger charge is -2.11. The monoisotopic (exact) mass is 370 g/mol. The highest BCUT2D eigenvalue weighted by molar-refractivity contribution is 9.11. The molecule has 1 heterocycles. The maximum Gasteiger partial charge on any atom is 0.147 e.